The van der Waals surface area contributed by atoms with E-state index in [2.05, 4.69) is 40.3 Å². The lowest BCUT2D eigenvalue weighted by molar-refractivity contribution is 0.0984. The summed E-state index contributed by atoms with van der Waals surface area (Å²) in [5.74, 6) is 0.528. The number of amides is 1. The average Bonchev–Trinajstić information content (AvgIpc) is 2.64. The lowest BCUT2D eigenvalue weighted by Crippen LogP contribution is -2.35. The van der Waals surface area contributed by atoms with Gasteiger partial charge in [0.25, 0.3) is 5.91 Å². The first-order valence-electron chi connectivity index (χ1n) is 8.75. The van der Waals surface area contributed by atoms with E-state index in [1.807, 2.05) is 23.1 Å². The summed E-state index contributed by atoms with van der Waals surface area (Å²) in [5.41, 5.74) is 2.75. The van der Waals surface area contributed by atoms with Crippen LogP contribution in [0.25, 0.3) is 0 Å². The first-order valence-corrected chi connectivity index (χ1v) is 8.75. The van der Waals surface area contributed by atoms with Gasteiger partial charge in [-0.1, -0.05) is 18.2 Å². The van der Waals surface area contributed by atoms with Crippen molar-refractivity contribution in [3.8, 4) is 0 Å². The van der Waals surface area contributed by atoms with Crippen LogP contribution in [0.15, 0.2) is 36.7 Å². The summed E-state index contributed by atoms with van der Waals surface area (Å²) in [5, 5.41) is 3.19. The smallest absolute Gasteiger partial charge is 0.261 e. The Bertz CT molecular complexity index is 714. The van der Waals surface area contributed by atoms with Gasteiger partial charge in [-0.05, 0) is 51.5 Å². The number of fused-ring (bicyclic) bond motifs is 1. The van der Waals surface area contributed by atoms with Crippen LogP contribution in [0, 0.1) is 0 Å². The largest absolute Gasteiger partial charge is 0.354 e. The molecule has 1 N–H and O–H groups in total. The number of carbonyl (C=O) groups excluding carboxylic acids is 1. The first kappa shape index (κ1) is 17.4. The lowest BCUT2D eigenvalue weighted by Gasteiger charge is -2.29. The van der Waals surface area contributed by atoms with Crippen molar-refractivity contribution in [2.75, 3.05) is 43.9 Å². The van der Waals surface area contributed by atoms with Gasteiger partial charge in [0.15, 0.2) is 0 Å². The molecule has 1 aromatic heterocycles. The zero-order chi connectivity index (χ0) is 17.6. The minimum atomic E-state index is -0.0358. The number of benzene rings is 1. The molecule has 0 radical (unpaired) electrons. The van der Waals surface area contributed by atoms with Crippen LogP contribution >= 0.6 is 0 Å². The van der Waals surface area contributed by atoms with Gasteiger partial charge in [0.05, 0.1) is 5.56 Å². The second-order valence-electron chi connectivity index (χ2n) is 6.57. The third-order valence-electron chi connectivity index (χ3n) is 4.32. The predicted octanol–water partition coefficient (Wildman–Crippen LogP) is 2.43. The van der Waals surface area contributed by atoms with Gasteiger partial charge in [-0.15, -0.1) is 0 Å². The van der Waals surface area contributed by atoms with Crippen molar-refractivity contribution in [2.45, 2.75) is 19.3 Å². The second-order valence-corrected chi connectivity index (χ2v) is 6.57. The summed E-state index contributed by atoms with van der Waals surface area (Å²) in [4.78, 5) is 25.4. The van der Waals surface area contributed by atoms with E-state index in [4.69, 9.17) is 0 Å². The van der Waals surface area contributed by atoms with Crippen LogP contribution in [0.1, 0.15) is 28.8 Å². The van der Waals surface area contributed by atoms with E-state index in [1.54, 1.807) is 12.4 Å². The fourth-order valence-electron chi connectivity index (χ4n) is 3.03. The fourth-order valence-corrected chi connectivity index (χ4v) is 3.03. The van der Waals surface area contributed by atoms with Crippen molar-refractivity contribution >= 4 is 17.5 Å². The first-order chi connectivity index (χ1) is 12.1. The molecule has 0 saturated carbocycles. The normalized spacial score (nSPS) is 13.6. The Morgan fingerprint density at radius 3 is 2.76 bits per heavy atom. The van der Waals surface area contributed by atoms with Crippen LogP contribution in [-0.4, -0.2) is 54.5 Å². The minimum absolute atomic E-state index is 0.0358. The Hall–Kier alpha value is -2.47. The fraction of sp³-hybridized carbons (Fsp3) is 0.421. The van der Waals surface area contributed by atoms with Crippen LogP contribution in [-0.2, 0) is 6.42 Å². The number of aromatic nitrogens is 2. The highest BCUT2D eigenvalue weighted by Gasteiger charge is 2.23. The van der Waals surface area contributed by atoms with E-state index < -0.39 is 0 Å². The Kier molecular flexibility index (Phi) is 5.60. The molecule has 6 nitrogen and oxygen atoms in total. The number of hydrogen-bond acceptors (Lipinski definition) is 5. The summed E-state index contributed by atoms with van der Waals surface area (Å²) >= 11 is 0. The van der Waals surface area contributed by atoms with E-state index in [9.17, 15) is 4.79 Å². The van der Waals surface area contributed by atoms with Gasteiger partial charge < -0.3 is 15.1 Å². The van der Waals surface area contributed by atoms with Gasteiger partial charge in [-0.3, -0.25) is 4.79 Å². The Morgan fingerprint density at radius 1 is 1.24 bits per heavy atom. The Labute approximate surface area is 148 Å². The molecule has 0 aliphatic carbocycles. The molecule has 1 aliphatic heterocycles. The van der Waals surface area contributed by atoms with E-state index in [-0.39, 0.29) is 5.91 Å². The summed E-state index contributed by atoms with van der Waals surface area (Å²) in [6.45, 7) is 2.56. The van der Waals surface area contributed by atoms with Gasteiger partial charge in [0.1, 0.15) is 0 Å². The molecule has 0 atom stereocenters. The van der Waals surface area contributed by atoms with Crippen molar-refractivity contribution in [3.05, 3.63) is 47.8 Å². The van der Waals surface area contributed by atoms with Gasteiger partial charge >= 0.3 is 0 Å². The second kappa shape index (κ2) is 8.07. The SMILES string of the molecule is CN(C)CCCNc1ncc(C(=O)N2CCCc3ccccc32)cn1. The third-order valence-corrected chi connectivity index (χ3v) is 4.32. The summed E-state index contributed by atoms with van der Waals surface area (Å²) in [6.07, 6.45) is 6.24. The molecule has 2 heterocycles. The molecular formula is C19H25N5O. The topological polar surface area (TPSA) is 61.4 Å². The van der Waals surface area contributed by atoms with Crippen LogP contribution in [0.3, 0.4) is 0 Å². The molecule has 0 bridgehead atoms. The maximum Gasteiger partial charge on any atom is 0.261 e. The van der Waals surface area contributed by atoms with Crippen LogP contribution in [0.5, 0.6) is 0 Å². The quantitative estimate of drug-likeness (QED) is 0.819. The number of aryl methyl sites for hydroxylation is 1. The van der Waals surface area contributed by atoms with E-state index >= 15 is 0 Å². The highest BCUT2D eigenvalue weighted by molar-refractivity contribution is 6.06. The van der Waals surface area contributed by atoms with Crippen molar-refractivity contribution in [3.63, 3.8) is 0 Å². The van der Waals surface area contributed by atoms with Gasteiger partial charge in [-0.2, -0.15) is 0 Å². The molecule has 1 aromatic carbocycles. The zero-order valence-electron chi connectivity index (χ0n) is 14.9. The number of para-hydroxylation sites is 1. The predicted molar refractivity (Wildman–Crippen MR) is 100 cm³/mol. The number of nitrogens with zero attached hydrogens (tertiary/aromatic N) is 4. The van der Waals surface area contributed by atoms with Crippen molar-refractivity contribution < 1.29 is 4.79 Å². The average molecular weight is 339 g/mol. The lowest BCUT2D eigenvalue weighted by atomic mass is 10.0. The molecule has 1 amide bonds. The number of hydrogen-bond donors (Lipinski definition) is 1. The maximum atomic E-state index is 12.8. The van der Waals surface area contributed by atoms with E-state index in [0.717, 1.165) is 44.6 Å². The summed E-state index contributed by atoms with van der Waals surface area (Å²) < 4.78 is 0. The van der Waals surface area contributed by atoms with E-state index in [1.165, 1.54) is 5.56 Å². The Morgan fingerprint density at radius 2 is 2.00 bits per heavy atom. The minimum Gasteiger partial charge on any atom is -0.354 e. The van der Waals surface area contributed by atoms with Crippen molar-refractivity contribution in [1.29, 1.82) is 0 Å². The molecule has 1 aliphatic rings. The van der Waals surface area contributed by atoms with Crippen LogP contribution < -0.4 is 10.2 Å². The third kappa shape index (κ3) is 4.33. The van der Waals surface area contributed by atoms with E-state index in [0.29, 0.717) is 11.5 Å². The van der Waals surface area contributed by atoms with Gasteiger partial charge in [0.2, 0.25) is 5.95 Å². The van der Waals surface area contributed by atoms with Crippen LogP contribution in [0.2, 0.25) is 0 Å². The van der Waals surface area contributed by atoms with Crippen molar-refractivity contribution in [1.82, 2.24) is 14.9 Å². The molecule has 0 spiro atoms. The highest BCUT2D eigenvalue weighted by atomic mass is 16.2. The summed E-state index contributed by atoms with van der Waals surface area (Å²) in [7, 11) is 4.10. The molecule has 3 rings (SSSR count). The van der Waals surface area contributed by atoms with Gasteiger partial charge in [-0.25, -0.2) is 9.97 Å². The maximum absolute atomic E-state index is 12.8. The zero-order valence-corrected chi connectivity index (χ0v) is 14.9. The Balaban J connectivity index is 1.64. The molecule has 2 aromatic rings. The highest BCUT2D eigenvalue weighted by Crippen LogP contribution is 2.27. The molecular weight excluding hydrogens is 314 g/mol. The molecule has 25 heavy (non-hydrogen) atoms. The van der Waals surface area contributed by atoms with Crippen molar-refractivity contribution in [2.24, 2.45) is 0 Å². The molecule has 0 unspecified atom stereocenters. The molecule has 0 fully saturated rings. The summed E-state index contributed by atoms with van der Waals surface area (Å²) in [6, 6.07) is 8.09. The van der Waals surface area contributed by atoms with Crippen LogP contribution in [0.4, 0.5) is 11.6 Å². The monoisotopic (exact) mass is 339 g/mol. The number of carbonyl (C=O) groups is 1. The number of rotatable bonds is 6. The molecule has 0 saturated heterocycles. The van der Waals surface area contributed by atoms with Gasteiger partial charge in [0, 0.05) is 31.2 Å². The standard InChI is InChI=1S/C19H25N5O/c1-23(2)11-6-10-20-19-21-13-16(14-22-19)18(25)24-12-5-8-15-7-3-4-9-17(15)24/h3-4,7,9,13-14H,5-6,8,10-12H2,1-2H3,(H,20,21,22). The number of nitrogens with one attached hydrogen (secondary N) is 1. The number of anilines is 2. The molecule has 132 valence electrons. The molecule has 6 heteroatoms.